The summed E-state index contributed by atoms with van der Waals surface area (Å²) in [5.41, 5.74) is 7.10. The molecule has 7 heteroatoms. The van der Waals surface area contributed by atoms with Gasteiger partial charge in [0.2, 0.25) is 5.91 Å². The molecule has 1 saturated carbocycles. The standard InChI is InChI=1S/C20H31N3O2.2ClH/c1-2-25-18-8-6-17(7-9-18)16-22-12-14-23(15-13-22)19(24)20(21)10-4-3-5-11-20;;/h6-9H,2-5,10-16,21H2,1H3;2*1H. The van der Waals surface area contributed by atoms with Crippen LogP contribution in [0.5, 0.6) is 5.75 Å². The molecule has 1 aromatic rings. The van der Waals surface area contributed by atoms with Gasteiger partial charge in [0.25, 0.3) is 0 Å². The molecule has 0 spiro atoms. The van der Waals surface area contributed by atoms with E-state index in [2.05, 4.69) is 17.0 Å². The lowest BCUT2D eigenvalue weighted by Crippen LogP contribution is -2.60. The minimum atomic E-state index is -0.602. The quantitative estimate of drug-likeness (QED) is 0.798. The minimum absolute atomic E-state index is 0. The number of nitrogens with two attached hydrogens (primary N) is 1. The molecule has 2 N–H and O–H groups in total. The first-order valence-electron chi connectivity index (χ1n) is 9.63. The lowest BCUT2D eigenvalue weighted by atomic mass is 9.81. The van der Waals surface area contributed by atoms with Gasteiger partial charge in [-0.2, -0.15) is 0 Å². The number of carbonyl (C=O) groups is 1. The summed E-state index contributed by atoms with van der Waals surface area (Å²) < 4.78 is 5.49. The Labute approximate surface area is 175 Å². The van der Waals surface area contributed by atoms with Crippen LogP contribution in [0.4, 0.5) is 0 Å². The summed E-state index contributed by atoms with van der Waals surface area (Å²) in [5, 5.41) is 0. The Balaban J connectivity index is 0.00000182. The van der Waals surface area contributed by atoms with Crippen LogP contribution >= 0.6 is 24.8 Å². The van der Waals surface area contributed by atoms with Gasteiger partial charge >= 0.3 is 0 Å². The van der Waals surface area contributed by atoms with Crippen LogP contribution in [0, 0.1) is 0 Å². The predicted octanol–water partition coefficient (Wildman–Crippen LogP) is 3.23. The molecule has 2 fully saturated rings. The third-order valence-corrected chi connectivity index (χ3v) is 5.47. The van der Waals surface area contributed by atoms with E-state index in [1.54, 1.807) is 0 Å². The molecule has 154 valence electrons. The van der Waals surface area contributed by atoms with Crippen LogP contribution in [-0.2, 0) is 11.3 Å². The predicted molar refractivity (Wildman–Crippen MR) is 114 cm³/mol. The van der Waals surface area contributed by atoms with E-state index in [-0.39, 0.29) is 30.7 Å². The number of rotatable bonds is 5. The summed E-state index contributed by atoms with van der Waals surface area (Å²) in [4.78, 5) is 17.2. The van der Waals surface area contributed by atoms with E-state index in [1.807, 2.05) is 24.0 Å². The molecule has 1 saturated heterocycles. The molecule has 5 nitrogen and oxygen atoms in total. The summed E-state index contributed by atoms with van der Waals surface area (Å²) in [7, 11) is 0. The van der Waals surface area contributed by atoms with Gasteiger partial charge in [-0.05, 0) is 37.5 Å². The minimum Gasteiger partial charge on any atom is -0.494 e. The summed E-state index contributed by atoms with van der Waals surface area (Å²) >= 11 is 0. The maximum atomic E-state index is 12.8. The van der Waals surface area contributed by atoms with Crippen molar-refractivity contribution in [1.29, 1.82) is 0 Å². The normalized spacial score (nSPS) is 19.6. The molecule has 27 heavy (non-hydrogen) atoms. The van der Waals surface area contributed by atoms with Gasteiger partial charge in [-0.25, -0.2) is 0 Å². The van der Waals surface area contributed by atoms with Crippen molar-refractivity contribution in [2.75, 3.05) is 32.8 Å². The van der Waals surface area contributed by atoms with E-state index < -0.39 is 5.54 Å². The first-order valence-corrected chi connectivity index (χ1v) is 9.63. The third kappa shape index (κ3) is 6.24. The average Bonchev–Trinajstić information content (AvgIpc) is 2.64. The number of hydrogen-bond donors (Lipinski definition) is 1. The molecular formula is C20H33Cl2N3O2. The van der Waals surface area contributed by atoms with Crippen molar-refractivity contribution >= 4 is 30.7 Å². The summed E-state index contributed by atoms with van der Waals surface area (Å²) in [6, 6.07) is 8.30. The molecule has 0 unspecified atom stereocenters. The van der Waals surface area contributed by atoms with Gasteiger partial charge < -0.3 is 15.4 Å². The summed E-state index contributed by atoms with van der Waals surface area (Å²) in [5.74, 6) is 1.09. The van der Waals surface area contributed by atoms with Crippen LogP contribution < -0.4 is 10.5 Å². The molecule has 1 heterocycles. The van der Waals surface area contributed by atoms with Gasteiger partial charge in [0, 0.05) is 32.7 Å². The number of ether oxygens (including phenoxy) is 1. The molecule has 1 aliphatic carbocycles. The molecule has 0 bridgehead atoms. The fourth-order valence-corrected chi connectivity index (χ4v) is 3.94. The second-order valence-corrected chi connectivity index (χ2v) is 7.36. The molecule has 1 amide bonds. The number of piperazine rings is 1. The Morgan fingerprint density at radius 3 is 2.19 bits per heavy atom. The Kier molecular flexibility index (Phi) is 9.88. The van der Waals surface area contributed by atoms with Gasteiger partial charge in [0.1, 0.15) is 5.75 Å². The molecule has 1 aliphatic heterocycles. The van der Waals surface area contributed by atoms with Gasteiger partial charge in [-0.15, -0.1) is 24.8 Å². The first-order chi connectivity index (χ1) is 12.1. The largest absolute Gasteiger partial charge is 0.494 e. The van der Waals surface area contributed by atoms with Crippen molar-refractivity contribution in [2.24, 2.45) is 5.73 Å². The van der Waals surface area contributed by atoms with Crippen molar-refractivity contribution < 1.29 is 9.53 Å². The van der Waals surface area contributed by atoms with Crippen molar-refractivity contribution in [3.05, 3.63) is 29.8 Å². The molecule has 3 rings (SSSR count). The molecule has 0 atom stereocenters. The van der Waals surface area contributed by atoms with Crippen LogP contribution in [0.2, 0.25) is 0 Å². The zero-order valence-electron chi connectivity index (χ0n) is 16.2. The highest BCUT2D eigenvalue weighted by Crippen LogP contribution is 2.28. The Hall–Kier alpha value is -1.01. The third-order valence-electron chi connectivity index (χ3n) is 5.47. The van der Waals surface area contributed by atoms with Gasteiger partial charge in [-0.1, -0.05) is 31.4 Å². The smallest absolute Gasteiger partial charge is 0.242 e. The van der Waals surface area contributed by atoms with E-state index in [4.69, 9.17) is 10.5 Å². The fourth-order valence-electron chi connectivity index (χ4n) is 3.94. The van der Waals surface area contributed by atoms with Crippen LogP contribution in [0.1, 0.15) is 44.6 Å². The monoisotopic (exact) mass is 417 g/mol. The number of amides is 1. The van der Waals surface area contributed by atoms with Crippen LogP contribution in [0.3, 0.4) is 0 Å². The number of nitrogens with zero attached hydrogens (tertiary/aromatic N) is 2. The van der Waals surface area contributed by atoms with Crippen LogP contribution in [-0.4, -0.2) is 54.0 Å². The Bertz CT molecular complexity index is 569. The highest BCUT2D eigenvalue weighted by atomic mass is 35.5. The highest BCUT2D eigenvalue weighted by Gasteiger charge is 2.39. The maximum Gasteiger partial charge on any atom is 0.242 e. The van der Waals surface area contributed by atoms with Gasteiger partial charge in [0.05, 0.1) is 12.1 Å². The SMILES string of the molecule is CCOc1ccc(CN2CCN(C(=O)C3(N)CCCCC3)CC2)cc1.Cl.Cl. The van der Waals surface area contributed by atoms with Crippen molar-refractivity contribution in [2.45, 2.75) is 51.1 Å². The van der Waals surface area contributed by atoms with Crippen molar-refractivity contribution in [1.82, 2.24) is 9.80 Å². The van der Waals surface area contributed by atoms with Gasteiger partial charge in [0.15, 0.2) is 0 Å². The molecule has 2 aliphatic rings. The lowest BCUT2D eigenvalue weighted by molar-refractivity contribution is -0.140. The number of halogens is 2. The lowest BCUT2D eigenvalue weighted by Gasteiger charge is -2.41. The molecule has 1 aromatic carbocycles. The fraction of sp³-hybridized carbons (Fsp3) is 0.650. The average molecular weight is 418 g/mol. The summed E-state index contributed by atoms with van der Waals surface area (Å²) in [6.45, 7) is 7.00. The second kappa shape index (κ2) is 11.1. The van der Waals surface area contributed by atoms with E-state index >= 15 is 0 Å². The van der Waals surface area contributed by atoms with E-state index in [0.29, 0.717) is 6.61 Å². The van der Waals surface area contributed by atoms with Crippen molar-refractivity contribution in [3.8, 4) is 5.75 Å². The molecule has 0 aromatic heterocycles. The van der Waals surface area contributed by atoms with E-state index in [0.717, 1.165) is 64.2 Å². The first kappa shape index (κ1) is 24.0. The van der Waals surface area contributed by atoms with Crippen LogP contribution in [0.15, 0.2) is 24.3 Å². The Morgan fingerprint density at radius 2 is 1.63 bits per heavy atom. The van der Waals surface area contributed by atoms with E-state index in [9.17, 15) is 4.79 Å². The summed E-state index contributed by atoms with van der Waals surface area (Å²) in [6.07, 6.45) is 5.07. The Morgan fingerprint density at radius 1 is 1.04 bits per heavy atom. The topological polar surface area (TPSA) is 58.8 Å². The second-order valence-electron chi connectivity index (χ2n) is 7.36. The van der Waals surface area contributed by atoms with Gasteiger partial charge in [-0.3, -0.25) is 9.69 Å². The maximum absolute atomic E-state index is 12.8. The van der Waals surface area contributed by atoms with Crippen molar-refractivity contribution in [3.63, 3.8) is 0 Å². The highest BCUT2D eigenvalue weighted by molar-refractivity contribution is 5.86. The number of carbonyl (C=O) groups excluding carboxylic acids is 1. The molecule has 0 radical (unpaired) electrons. The zero-order chi connectivity index (χ0) is 17.7. The van der Waals surface area contributed by atoms with Crippen LogP contribution in [0.25, 0.3) is 0 Å². The number of hydrogen-bond acceptors (Lipinski definition) is 4. The number of benzene rings is 1. The molecular weight excluding hydrogens is 385 g/mol. The van der Waals surface area contributed by atoms with E-state index in [1.165, 1.54) is 12.0 Å². The zero-order valence-corrected chi connectivity index (χ0v) is 17.8.